The van der Waals surface area contributed by atoms with Crippen LogP contribution in [0, 0.1) is 6.92 Å². The van der Waals surface area contributed by atoms with Gasteiger partial charge in [-0.3, -0.25) is 9.78 Å². The van der Waals surface area contributed by atoms with Gasteiger partial charge in [-0.25, -0.2) is 4.98 Å². The van der Waals surface area contributed by atoms with Crippen LogP contribution in [0.5, 0.6) is 0 Å². The molecule has 0 bridgehead atoms. The molecule has 0 unspecified atom stereocenters. The van der Waals surface area contributed by atoms with E-state index >= 15 is 0 Å². The lowest BCUT2D eigenvalue weighted by atomic mass is 10.3. The molecule has 0 aromatic carbocycles. The van der Waals surface area contributed by atoms with Crippen molar-refractivity contribution >= 4 is 5.91 Å². The summed E-state index contributed by atoms with van der Waals surface area (Å²) in [7, 11) is 0. The van der Waals surface area contributed by atoms with Crippen molar-refractivity contribution in [2.45, 2.75) is 13.3 Å². The quantitative estimate of drug-likeness (QED) is 0.862. The lowest BCUT2D eigenvalue weighted by molar-refractivity contribution is 0.0948. The SMILES string of the molecule is Cc1cnc(CCNC(=O)c2ccccn2)o1. The van der Waals surface area contributed by atoms with Crippen LogP contribution in [0.4, 0.5) is 0 Å². The van der Waals surface area contributed by atoms with Crippen molar-refractivity contribution in [1.82, 2.24) is 15.3 Å². The molecule has 0 aliphatic carbocycles. The molecule has 17 heavy (non-hydrogen) atoms. The monoisotopic (exact) mass is 231 g/mol. The fourth-order valence-corrected chi connectivity index (χ4v) is 1.39. The van der Waals surface area contributed by atoms with Gasteiger partial charge in [0.1, 0.15) is 11.5 Å². The van der Waals surface area contributed by atoms with Crippen molar-refractivity contribution in [3.05, 3.63) is 47.9 Å². The fourth-order valence-electron chi connectivity index (χ4n) is 1.39. The van der Waals surface area contributed by atoms with E-state index in [9.17, 15) is 4.79 Å². The summed E-state index contributed by atoms with van der Waals surface area (Å²) in [5, 5.41) is 2.76. The number of aryl methyl sites for hydroxylation is 1. The minimum atomic E-state index is -0.186. The van der Waals surface area contributed by atoms with E-state index in [2.05, 4.69) is 15.3 Å². The standard InChI is InChI=1S/C12H13N3O2/c1-9-8-15-11(17-9)5-7-14-12(16)10-4-2-3-6-13-10/h2-4,6,8H,5,7H2,1H3,(H,14,16). The highest BCUT2D eigenvalue weighted by molar-refractivity contribution is 5.92. The van der Waals surface area contributed by atoms with Crippen LogP contribution in [-0.4, -0.2) is 22.4 Å². The summed E-state index contributed by atoms with van der Waals surface area (Å²) < 4.78 is 5.29. The van der Waals surface area contributed by atoms with Gasteiger partial charge in [0.05, 0.1) is 6.20 Å². The molecule has 2 aromatic heterocycles. The predicted molar refractivity (Wildman–Crippen MR) is 61.5 cm³/mol. The van der Waals surface area contributed by atoms with Gasteiger partial charge in [0.2, 0.25) is 0 Å². The highest BCUT2D eigenvalue weighted by Crippen LogP contribution is 2.01. The number of carbonyl (C=O) groups excluding carboxylic acids is 1. The van der Waals surface area contributed by atoms with Crippen LogP contribution in [0.3, 0.4) is 0 Å². The maximum Gasteiger partial charge on any atom is 0.269 e. The molecule has 2 heterocycles. The number of amides is 1. The zero-order chi connectivity index (χ0) is 12.1. The van der Waals surface area contributed by atoms with Gasteiger partial charge in [-0.1, -0.05) is 6.07 Å². The number of carbonyl (C=O) groups is 1. The Morgan fingerprint density at radius 2 is 2.29 bits per heavy atom. The van der Waals surface area contributed by atoms with E-state index in [-0.39, 0.29) is 5.91 Å². The van der Waals surface area contributed by atoms with Gasteiger partial charge in [-0.15, -0.1) is 0 Å². The zero-order valence-electron chi connectivity index (χ0n) is 9.51. The van der Waals surface area contributed by atoms with Gasteiger partial charge < -0.3 is 9.73 Å². The summed E-state index contributed by atoms with van der Waals surface area (Å²) in [6.07, 6.45) is 3.83. The first-order chi connectivity index (χ1) is 8.25. The molecule has 1 amide bonds. The third-order valence-corrected chi connectivity index (χ3v) is 2.19. The Kier molecular flexibility index (Phi) is 3.49. The Balaban J connectivity index is 1.81. The molecule has 0 atom stereocenters. The Morgan fingerprint density at radius 1 is 1.41 bits per heavy atom. The van der Waals surface area contributed by atoms with E-state index in [0.29, 0.717) is 24.6 Å². The third kappa shape index (κ3) is 3.14. The molecular formula is C12H13N3O2. The van der Waals surface area contributed by atoms with Gasteiger partial charge in [-0.2, -0.15) is 0 Å². The number of hydrogen-bond acceptors (Lipinski definition) is 4. The van der Waals surface area contributed by atoms with Crippen LogP contribution in [0.15, 0.2) is 35.0 Å². The maximum absolute atomic E-state index is 11.6. The van der Waals surface area contributed by atoms with E-state index in [1.54, 1.807) is 30.6 Å². The van der Waals surface area contributed by atoms with Crippen molar-refractivity contribution in [2.24, 2.45) is 0 Å². The summed E-state index contributed by atoms with van der Waals surface area (Å²) in [4.78, 5) is 19.6. The lowest BCUT2D eigenvalue weighted by Gasteiger charge is -2.02. The number of pyridine rings is 1. The summed E-state index contributed by atoms with van der Waals surface area (Å²) in [6, 6.07) is 5.22. The normalized spacial score (nSPS) is 10.2. The Morgan fingerprint density at radius 3 is 2.94 bits per heavy atom. The molecule has 2 rings (SSSR count). The predicted octanol–water partition coefficient (Wildman–Crippen LogP) is 1.35. The van der Waals surface area contributed by atoms with E-state index in [4.69, 9.17) is 4.42 Å². The Bertz CT molecular complexity index is 493. The Hall–Kier alpha value is -2.17. The van der Waals surface area contributed by atoms with Crippen molar-refractivity contribution in [3.8, 4) is 0 Å². The Labute approximate surface area is 98.9 Å². The molecule has 0 radical (unpaired) electrons. The zero-order valence-corrected chi connectivity index (χ0v) is 9.51. The second-order valence-corrected chi connectivity index (χ2v) is 3.59. The van der Waals surface area contributed by atoms with Crippen molar-refractivity contribution < 1.29 is 9.21 Å². The topological polar surface area (TPSA) is 68.0 Å². The maximum atomic E-state index is 11.6. The minimum Gasteiger partial charge on any atom is -0.446 e. The number of nitrogens with one attached hydrogen (secondary N) is 1. The van der Waals surface area contributed by atoms with Crippen molar-refractivity contribution in [2.75, 3.05) is 6.54 Å². The highest BCUT2D eigenvalue weighted by atomic mass is 16.4. The molecule has 0 saturated carbocycles. The fraction of sp³-hybridized carbons (Fsp3) is 0.250. The summed E-state index contributed by atoms with van der Waals surface area (Å²) in [6.45, 7) is 2.32. The first-order valence-electron chi connectivity index (χ1n) is 5.36. The number of aromatic nitrogens is 2. The molecule has 5 heteroatoms. The smallest absolute Gasteiger partial charge is 0.269 e. The molecule has 2 aromatic rings. The van der Waals surface area contributed by atoms with Gasteiger partial charge in [0.15, 0.2) is 5.89 Å². The first-order valence-corrected chi connectivity index (χ1v) is 5.36. The van der Waals surface area contributed by atoms with E-state index in [1.165, 1.54) is 0 Å². The molecule has 5 nitrogen and oxygen atoms in total. The van der Waals surface area contributed by atoms with Crippen molar-refractivity contribution in [3.63, 3.8) is 0 Å². The van der Waals surface area contributed by atoms with E-state index in [0.717, 1.165) is 5.76 Å². The van der Waals surface area contributed by atoms with E-state index in [1.807, 2.05) is 6.92 Å². The largest absolute Gasteiger partial charge is 0.446 e. The number of oxazole rings is 1. The van der Waals surface area contributed by atoms with Crippen LogP contribution >= 0.6 is 0 Å². The van der Waals surface area contributed by atoms with Crippen LogP contribution < -0.4 is 5.32 Å². The minimum absolute atomic E-state index is 0.186. The summed E-state index contributed by atoms with van der Waals surface area (Å²) in [5.74, 6) is 1.22. The molecule has 0 fully saturated rings. The second-order valence-electron chi connectivity index (χ2n) is 3.59. The van der Waals surface area contributed by atoms with E-state index < -0.39 is 0 Å². The second kappa shape index (κ2) is 5.25. The molecule has 0 aliphatic rings. The molecular weight excluding hydrogens is 218 g/mol. The van der Waals surface area contributed by atoms with Crippen LogP contribution in [-0.2, 0) is 6.42 Å². The average molecular weight is 231 g/mol. The summed E-state index contributed by atoms with van der Waals surface area (Å²) in [5.41, 5.74) is 0.413. The average Bonchev–Trinajstić information content (AvgIpc) is 2.76. The van der Waals surface area contributed by atoms with Crippen molar-refractivity contribution in [1.29, 1.82) is 0 Å². The first kappa shape index (κ1) is 11.3. The molecule has 1 N–H and O–H groups in total. The number of rotatable bonds is 4. The number of hydrogen-bond donors (Lipinski definition) is 1. The van der Waals surface area contributed by atoms with Gasteiger partial charge in [0, 0.05) is 19.2 Å². The highest BCUT2D eigenvalue weighted by Gasteiger charge is 2.06. The number of nitrogens with zero attached hydrogens (tertiary/aromatic N) is 2. The molecule has 0 spiro atoms. The van der Waals surface area contributed by atoms with Gasteiger partial charge in [0.25, 0.3) is 5.91 Å². The van der Waals surface area contributed by atoms with Crippen LogP contribution in [0.2, 0.25) is 0 Å². The molecule has 0 saturated heterocycles. The van der Waals surface area contributed by atoms with Crippen LogP contribution in [0.1, 0.15) is 22.1 Å². The van der Waals surface area contributed by atoms with Crippen LogP contribution in [0.25, 0.3) is 0 Å². The molecule has 0 aliphatic heterocycles. The molecule has 88 valence electrons. The third-order valence-electron chi connectivity index (χ3n) is 2.19. The van der Waals surface area contributed by atoms with Gasteiger partial charge in [-0.05, 0) is 19.1 Å². The van der Waals surface area contributed by atoms with Gasteiger partial charge >= 0.3 is 0 Å². The summed E-state index contributed by atoms with van der Waals surface area (Å²) >= 11 is 0. The lowest BCUT2D eigenvalue weighted by Crippen LogP contribution is -2.26.